The number of nitrogens with two attached hydrogens (primary N) is 1. The maximum atomic E-state index is 12.1. The first-order valence-electron chi connectivity index (χ1n) is 6.69. The number of H-pyrrole nitrogens is 1. The van der Waals surface area contributed by atoms with E-state index in [1.807, 2.05) is 6.07 Å². The van der Waals surface area contributed by atoms with Crippen molar-refractivity contribution >= 4 is 5.78 Å². The van der Waals surface area contributed by atoms with Crippen LogP contribution in [0.25, 0.3) is 11.3 Å². The van der Waals surface area contributed by atoms with Gasteiger partial charge in [-0.05, 0) is 37.4 Å². The van der Waals surface area contributed by atoms with Crippen LogP contribution < -0.4 is 5.73 Å². The summed E-state index contributed by atoms with van der Waals surface area (Å²) in [6, 6.07) is 10.3. The number of Topliss-reactive ketones (excluding diaryl/α,β-unsaturated/α-hetero) is 1. The minimum atomic E-state index is 0.214. The van der Waals surface area contributed by atoms with Gasteiger partial charge in [0.05, 0.1) is 0 Å². The number of aromatic amines is 1. The topological polar surface area (TPSA) is 58.9 Å². The van der Waals surface area contributed by atoms with Crippen molar-refractivity contribution in [2.45, 2.75) is 19.8 Å². The fraction of sp³-hybridized carbons (Fsp3) is 0.312. The third kappa shape index (κ3) is 2.22. The number of carbonyl (C=O) groups excluding carboxylic acids is 1. The number of rotatable bonds is 2. The summed E-state index contributed by atoms with van der Waals surface area (Å²) in [5.41, 5.74) is 11.0. The zero-order valence-corrected chi connectivity index (χ0v) is 11.1. The molecule has 0 amide bonds. The van der Waals surface area contributed by atoms with E-state index in [1.165, 1.54) is 5.56 Å². The molecule has 1 aromatic carbocycles. The van der Waals surface area contributed by atoms with Crippen LogP contribution in [-0.2, 0) is 6.42 Å². The maximum absolute atomic E-state index is 12.1. The number of ketones is 1. The van der Waals surface area contributed by atoms with Gasteiger partial charge in [0.15, 0.2) is 5.78 Å². The molecule has 1 aliphatic rings. The minimum absolute atomic E-state index is 0.214. The molecule has 3 nitrogen and oxygen atoms in total. The summed E-state index contributed by atoms with van der Waals surface area (Å²) in [5, 5.41) is 0. The molecule has 98 valence electrons. The van der Waals surface area contributed by atoms with E-state index in [-0.39, 0.29) is 11.7 Å². The summed E-state index contributed by atoms with van der Waals surface area (Å²) >= 11 is 0. The van der Waals surface area contributed by atoms with E-state index in [0.29, 0.717) is 13.0 Å². The number of benzene rings is 1. The monoisotopic (exact) mass is 254 g/mol. The molecule has 19 heavy (non-hydrogen) atoms. The van der Waals surface area contributed by atoms with Crippen molar-refractivity contribution in [1.82, 2.24) is 4.98 Å². The first-order chi connectivity index (χ1) is 9.17. The van der Waals surface area contributed by atoms with Gasteiger partial charge in [-0.15, -0.1) is 0 Å². The lowest BCUT2D eigenvalue weighted by molar-refractivity contribution is 0.0950. The third-order valence-electron chi connectivity index (χ3n) is 3.86. The predicted molar refractivity (Wildman–Crippen MR) is 76.2 cm³/mol. The van der Waals surface area contributed by atoms with E-state index in [4.69, 9.17) is 5.73 Å². The van der Waals surface area contributed by atoms with Crippen molar-refractivity contribution in [3.63, 3.8) is 0 Å². The Kier molecular flexibility index (Phi) is 2.99. The fourth-order valence-electron chi connectivity index (χ4n) is 2.70. The number of fused-ring (bicyclic) bond motifs is 1. The molecule has 3 N–H and O–H groups in total. The van der Waals surface area contributed by atoms with Crippen LogP contribution >= 0.6 is 0 Å². The summed E-state index contributed by atoms with van der Waals surface area (Å²) in [6.07, 6.45) is 1.46. The highest BCUT2D eigenvalue weighted by Crippen LogP contribution is 2.29. The zero-order valence-electron chi connectivity index (χ0n) is 11.1. The second-order valence-electron chi connectivity index (χ2n) is 5.37. The largest absolute Gasteiger partial charge is 0.358 e. The van der Waals surface area contributed by atoms with Crippen LogP contribution in [0.1, 0.15) is 28.0 Å². The molecule has 0 saturated carbocycles. The Morgan fingerprint density at radius 2 is 2.00 bits per heavy atom. The highest BCUT2D eigenvalue weighted by atomic mass is 16.1. The zero-order chi connectivity index (χ0) is 13.4. The van der Waals surface area contributed by atoms with Crippen LogP contribution in [0, 0.1) is 12.8 Å². The van der Waals surface area contributed by atoms with E-state index >= 15 is 0 Å². The number of hydrogen-bond donors (Lipinski definition) is 2. The van der Waals surface area contributed by atoms with Gasteiger partial charge in [0.25, 0.3) is 0 Å². The Morgan fingerprint density at radius 1 is 1.26 bits per heavy atom. The van der Waals surface area contributed by atoms with Crippen molar-refractivity contribution < 1.29 is 4.79 Å². The molecule has 0 fully saturated rings. The first-order valence-corrected chi connectivity index (χ1v) is 6.69. The SMILES string of the molecule is Cc1ccc(-c2cc3c([nH]2)CC(CN)CC3=O)cc1. The lowest BCUT2D eigenvalue weighted by atomic mass is 9.87. The number of aromatic nitrogens is 1. The quantitative estimate of drug-likeness (QED) is 0.865. The standard InChI is InChI=1S/C16H18N2O/c1-10-2-4-12(5-3-10)14-8-13-15(18-14)6-11(9-17)7-16(13)19/h2-5,8,11,18H,6-7,9,17H2,1H3. The van der Waals surface area contributed by atoms with E-state index in [0.717, 1.165) is 28.9 Å². The normalized spacial score (nSPS) is 18.4. The summed E-state index contributed by atoms with van der Waals surface area (Å²) in [5.74, 6) is 0.496. The van der Waals surface area contributed by atoms with Gasteiger partial charge in [-0.3, -0.25) is 4.79 Å². The molecule has 1 aliphatic carbocycles. The molecular weight excluding hydrogens is 236 g/mol. The Labute approximate surface area is 112 Å². The number of hydrogen-bond acceptors (Lipinski definition) is 2. The molecule has 0 bridgehead atoms. The summed E-state index contributed by atoms with van der Waals surface area (Å²) in [4.78, 5) is 15.5. The second-order valence-corrected chi connectivity index (χ2v) is 5.37. The van der Waals surface area contributed by atoms with E-state index in [2.05, 4.69) is 36.2 Å². The average Bonchev–Trinajstić information content (AvgIpc) is 2.84. The summed E-state index contributed by atoms with van der Waals surface area (Å²) in [6.45, 7) is 2.64. The van der Waals surface area contributed by atoms with E-state index < -0.39 is 0 Å². The van der Waals surface area contributed by atoms with Gasteiger partial charge in [-0.25, -0.2) is 0 Å². The van der Waals surface area contributed by atoms with Gasteiger partial charge in [0.2, 0.25) is 0 Å². The Balaban J connectivity index is 1.98. The van der Waals surface area contributed by atoms with Crippen LogP contribution in [-0.4, -0.2) is 17.3 Å². The highest BCUT2D eigenvalue weighted by Gasteiger charge is 2.26. The lowest BCUT2D eigenvalue weighted by Crippen LogP contribution is -2.25. The lowest BCUT2D eigenvalue weighted by Gasteiger charge is -2.18. The van der Waals surface area contributed by atoms with E-state index in [1.54, 1.807) is 0 Å². The molecule has 3 heteroatoms. The smallest absolute Gasteiger partial charge is 0.165 e. The summed E-state index contributed by atoms with van der Waals surface area (Å²) < 4.78 is 0. The first kappa shape index (κ1) is 12.2. The van der Waals surface area contributed by atoms with Crippen molar-refractivity contribution in [3.05, 3.63) is 47.2 Å². The van der Waals surface area contributed by atoms with Gasteiger partial charge in [-0.1, -0.05) is 29.8 Å². The van der Waals surface area contributed by atoms with Crippen LogP contribution in [0.5, 0.6) is 0 Å². The van der Waals surface area contributed by atoms with Crippen LogP contribution in [0.4, 0.5) is 0 Å². The van der Waals surface area contributed by atoms with Gasteiger partial charge in [0, 0.05) is 23.4 Å². The predicted octanol–water partition coefficient (Wildman–Crippen LogP) is 2.69. The van der Waals surface area contributed by atoms with Gasteiger partial charge >= 0.3 is 0 Å². The van der Waals surface area contributed by atoms with Gasteiger partial charge in [-0.2, -0.15) is 0 Å². The minimum Gasteiger partial charge on any atom is -0.358 e. The number of aryl methyl sites for hydroxylation is 1. The second kappa shape index (κ2) is 4.67. The summed E-state index contributed by atoms with van der Waals surface area (Å²) in [7, 11) is 0. The molecule has 1 aromatic heterocycles. The molecule has 3 rings (SSSR count). The maximum Gasteiger partial charge on any atom is 0.165 e. The third-order valence-corrected chi connectivity index (χ3v) is 3.86. The van der Waals surface area contributed by atoms with Crippen molar-refractivity contribution in [1.29, 1.82) is 0 Å². The van der Waals surface area contributed by atoms with Gasteiger partial charge in [0.1, 0.15) is 0 Å². The molecule has 2 aromatic rings. The fourth-order valence-corrected chi connectivity index (χ4v) is 2.70. The van der Waals surface area contributed by atoms with Gasteiger partial charge < -0.3 is 10.7 Å². The molecule has 1 atom stereocenters. The molecule has 1 unspecified atom stereocenters. The molecule has 0 aliphatic heterocycles. The molecule has 1 heterocycles. The number of nitrogens with one attached hydrogen (secondary N) is 1. The molecular formula is C16H18N2O. The Morgan fingerprint density at radius 3 is 2.68 bits per heavy atom. The van der Waals surface area contributed by atoms with Crippen LogP contribution in [0.3, 0.4) is 0 Å². The molecule has 0 spiro atoms. The Bertz CT molecular complexity index is 610. The van der Waals surface area contributed by atoms with Crippen LogP contribution in [0.2, 0.25) is 0 Å². The van der Waals surface area contributed by atoms with Crippen molar-refractivity contribution in [3.8, 4) is 11.3 Å². The van der Waals surface area contributed by atoms with E-state index in [9.17, 15) is 4.79 Å². The highest BCUT2D eigenvalue weighted by molar-refractivity contribution is 5.99. The Hall–Kier alpha value is -1.87. The van der Waals surface area contributed by atoms with Crippen molar-refractivity contribution in [2.75, 3.05) is 6.54 Å². The van der Waals surface area contributed by atoms with Crippen molar-refractivity contribution in [2.24, 2.45) is 11.7 Å². The average molecular weight is 254 g/mol. The molecule has 0 radical (unpaired) electrons. The van der Waals surface area contributed by atoms with Crippen LogP contribution in [0.15, 0.2) is 30.3 Å². The number of carbonyl (C=O) groups is 1. The molecule has 0 saturated heterocycles.